The van der Waals surface area contributed by atoms with E-state index in [2.05, 4.69) is 0 Å². The Balaban J connectivity index is 1.95. The van der Waals surface area contributed by atoms with Crippen molar-refractivity contribution in [2.24, 2.45) is 0 Å². The van der Waals surface area contributed by atoms with E-state index in [-0.39, 0.29) is 13.2 Å². The summed E-state index contributed by atoms with van der Waals surface area (Å²) in [6.45, 7) is 3.91. The van der Waals surface area contributed by atoms with Gasteiger partial charge in [0.1, 0.15) is 18.4 Å². The number of carbonyl (C=O) groups is 2. The molecule has 19 heavy (non-hydrogen) atoms. The molecule has 0 spiro atoms. The van der Waals surface area contributed by atoms with Crippen LogP contribution in [0.1, 0.15) is 19.4 Å². The second-order valence-corrected chi connectivity index (χ2v) is 4.89. The van der Waals surface area contributed by atoms with E-state index in [9.17, 15) is 9.59 Å². The Hall–Kier alpha value is -1.88. The van der Waals surface area contributed by atoms with Gasteiger partial charge in [0, 0.05) is 0 Å². The summed E-state index contributed by atoms with van der Waals surface area (Å²) in [5, 5.41) is 0. The van der Waals surface area contributed by atoms with E-state index in [1.54, 1.807) is 13.8 Å². The molecule has 0 radical (unpaired) electrons. The maximum atomic E-state index is 12.0. The monoisotopic (exact) mass is 263 g/mol. The maximum Gasteiger partial charge on any atom is 0.412 e. The van der Waals surface area contributed by atoms with E-state index in [0.717, 1.165) is 5.56 Å². The van der Waals surface area contributed by atoms with Crippen LogP contribution in [0.4, 0.5) is 4.79 Å². The Morgan fingerprint density at radius 3 is 2.74 bits per heavy atom. The molecule has 5 heteroatoms. The van der Waals surface area contributed by atoms with Crippen molar-refractivity contribution in [3.05, 3.63) is 35.9 Å². The SMILES string of the molecule is CC1(C)OC(C=O)CN1C(=O)OCc1ccccc1. The maximum absolute atomic E-state index is 12.0. The number of rotatable bonds is 3. The van der Waals surface area contributed by atoms with E-state index >= 15 is 0 Å². The first-order valence-corrected chi connectivity index (χ1v) is 6.14. The lowest BCUT2D eigenvalue weighted by atomic mass is 10.2. The first-order valence-electron chi connectivity index (χ1n) is 6.14. The normalized spacial score (nSPS) is 21.2. The summed E-state index contributed by atoms with van der Waals surface area (Å²) in [5.41, 5.74) is 0.0972. The fourth-order valence-electron chi connectivity index (χ4n) is 2.03. The van der Waals surface area contributed by atoms with Gasteiger partial charge in [0.15, 0.2) is 6.29 Å². The van der Waals surface area contributed by atoms with Crippen molar-refractivity contribution in [1.82, 2.24) is 4.90 Å². The molecule has 1 aromatic rings. The van der Waals surface area contributed by atoms with Gasteiger partial charge in [-0.15, -0.1) is 0 Å². The summed E-state index contributed by atoms with van der Waals surface area (Å²) in [5.74, 6) is 0. The van der Waals surface area contributed by atoms with Gasteiger partial charge >= 0.3 is 6.09 Å². The number of nitrogens with zero attached hydrogens (tertiary/aromatic N) is 1. The van der Waals surface area contributed by atoms with Gasteiger partial charge in [0.25, 0.3) is 0 Å². The van der Waals surface area contributed by atoms with Crippen LogP contribution in [0.15, 0.2) is 30.3 Å². The molecule has 1 aliphatic rings. The van der Waals surface area contributed by atoms with Gasteiger partial charge < -0.3 is 14.3 Å². The molecular formula is C14H17NO4. The fraction of sp³-hybridized carbons (Fsp3) is 0.429. The number of benzene rings is 1. The summed E-state index contributed by atoms with van der Waals surface area (Å²) in [6, 6.07) is 9.43. The topological polar surface area (TPSA) is 55.8 Å². The molecule has 1 saturated heterocycles. The Morgan fingerprint density at radius 2 is 2.16 bits per heavy atom. The van der Waals surface area contributed by atoms with Crippen molar-refractivity contribution in [3.8, 4) is 0 Å². The molecule has 0 saturated carbocycles. The van der Waals surface area contributed by atoms with Gasteiger partial charge in [-0.25, -0.2) is 4.79 Å². The molecule has 1 heterocycles. The molecule has 0 aliphatic carbocycles. The summed E-state index contributed by atoms with van der Waals surface area (Å²) < 4.78 is 10.7. The van der Waals surface area contributed by atoms with Crippen LogP contribution in [0.3, 0.4) is 0 Å². The molecule has 102 valence electrons. The summed E-state index contributed by atoms with van der Waals surface area (Å²) in [6.07, 6.45) is -0.357. The quantitative estimate of drug-likeness (QED) is 0.782. The third kappa shape index (κ3) is 3.12. The highest BCUT2D eigenvalue weighted by Crippen LogP contribution is 2.26. The van der Waals surface area contributed by atoms with E-state index in [4.69, 9.17) is 9.47 Å². The third-order valence-corrected chi connectivity index (χ3v) is 3.03. The Labute approximate surface area is 112 Å². The van der Waals surface area contributed by atoms with Crippen LogP contribution >= 0.6 is 0 Å². The lowest BCUT2D eigenvalue weighted by molar-refractivity contribution is -0.123. The van der Waals surface area contributed by atoms with Crippen LogP contribution in [0.2, 0.25) is 0 Å². The van der Waals surface area contributed by atoms with Crippen LogP contribution in [-0.4, -0.2) is 35.7 Å². The molecule has 1 aromatic carbocycles. The van der Waals surface area contributed by atoms with Crippen molar-refractivity contribution < 1.29 is 19.1 Å². The zero-order valence-electron chi connectivity index (χ0n) is 11.0. The van der Waals surface area contributed by atoms with Gasteiger partial charge in [-0.1, -0.05) is 30.3 Å². The van der Waals surface area contributed by atoms with E-state index < -0.39 is 17.9 Å². The number of carbonyl (C=O) groups excluding carboxylic acids is 2. The summed E-state index contributed by atoms with van der Waals surface area (Å²) >= 11 is 0. The number of ether oxygens (including phenoxy) is 2. The summed E-state index contributed by atoms with van der Waals surface area (Å²) in [4.78, 5) is 24.2. The number of amides is 1. The van der Waals surface area contributed by atoms with Gasteiger partial charge in [-0.3, -0.25) is 4.90 Å². The average Bonchev–Trinajstić information content (AvgIpc) is 2.72. The molecule has 0 aromatic heterocycles. The predicted molar refractivity (Wildman–Crippen MR) is 68.3 cm³/mol. The van der Waals surface area contributed by atoms with Crippen molar-refractivity contribution in [1.29, 1.82) is 0 Å². The highest BCUT2D eigenvalue weighted by Gasteiger charge is 2.43. The van der Waals surface area contributed by atoms with Crippen molar-refractivity contribution in [2.75, 3.05) is 6.54 Å². The average molecular weight is 263 g/mol. The molecule has 1 aliphatic heterocycles. The molecular weight excluding hydrogens is 246 g/mol. The molecule has 1 fully saturated rings. The number of hydrogen-bond acceptors (Lipinski definition) is 4. The summed E-state index contributed by atoms with van der Waals surface area (Å²) in [7, 11) is 0. The zero-order chi connectivity index (χ0) is 13.9. The zero-order valence-corrected chi connectivity index (χ0v) is 11.0. The van der Waals surface area contributed by atoms with E-state index in [1.807, 2.05) is 30.3 Å². The minimum atomic E-state index is -0.820. The number of aldehydes is 1. The van der Waals surface area contributed by atoms with Crippen LogP contribution in [0.25, 0.3) is 0 Å². The van der Waals surface area contributed by atoms with Gasteiger partial charge in [0.05, 0.1) is 6.54 Å². The fourth-order valence-corrected chi connectivity index (χ4v) is 2.03. The Morgan fingerprint density at radius 1 is 1.47 bits per heavy atom. The highest BCUT2D eigenvalue weighted by molar-refractivity contribution is 5.70. The number of hydrogen-bond donors (Lipinski definition) is 0. The molecule has 5 nitrogen and oxygen atoms in total. The van der Waals surface area contributed by atoms with E-state index in [0.29, 0.717) is 6.29 Å². The van der Waals surface area contributed by atoms with Crippen molar-refractivity contribution in [2.45, 2.75) is 32.3 Å². The standard InChI is InChI=1S/C14H17NO4/c1-14(2)15(8-12(9-16)19-14)13(17)18-10-11-6-4-3-5-7-11/h3-7,9,12H,8,10H2,1-2H3. The van der Waals surface area contributed by atoms with Crippen molar-refractivity contribution in [3.63, 3.8) is 0 Å². The predicted octanol–water partition coefficient (Wildman–Crippen LogP) is 1.96. The minimum absolute atomic E-state index is 0.206. The second kappa shape index (κ2) is 5.40. The van der Waals surface area contributed by atoms with E-state index in [1.165, 1.54) is 4.90 Å². The largest absolute Gasteiger partial charge is 0.444 e. The lowest BCUT2D eigenvalue weighted by Gasteiger charge is -2.28. The molecule has 0 bridgehead atoms. The molecule has 1 atom stereocenters. The smallest absolute Gasteiger partial charge is 0.412 e. The van der Waals surface area contributed by atoms with Crippen LogP contribution < -0.4 is 0 Å². The lowest BCUT2D eigenvalue weighted by Crippen LogP contribution is -2.43. The van der Waals surface area contributed by atoms with Gasteiger partial charge in [0.2, 0.25) is 0 Å². The Bertz CT molecular complexity index is 458. The second-order valence-electron chi connectivity index (χ2n) is 4.89. The highest BCUT2D eigenvalue weighted by atomic mass is 16.6. The molecule has 0 N–H and O–H groups in total. The molecule has 2 rings (SSSR count). The third-order valence-electron chi connectivity index (χ3n) is 3.03. The first-order chi connectivity index (χ1) is 9.03. The Kier molecular flexibility index (Phi) is 3.85. The molecule has 1 amide bonds. The van der Waals surface area contributed by atoms with Crippen LogP contribution in [0, 0.1) is 0 Å². The van der Waals surface area contributed by atoms with Gasteiger partial charge in [-0.05, 0) is 19.4 Å². The minimum Gasteiger partial charge on any atom is -0.444 e. The van der Waals surface area contributed by atoms with Crippen LogP contribution in [0.5, 0.6) is 0 Å². The van der Waals surface area contributed by atoms with Crippen LogP contribution in [-0.2, 0) is 20.9 Å². The molecule has 1 unspecified atom stereocenters. The van der Waals surface area contributed by atoms with Crippen molar-refractivity contribution >= 4 is 12.4 Å². The first kappa shape index (κ1) is 13.5. The van der Waals surface area contributed by atoms with Gasteiger partial charge in [-0.2, -0.15) is 0 Å².